The summed E-state index contributed by atoms with van der Waals surface area (Å²) in [6, 6.07) is 9.29. The molecule has 0 saturated carbocycles. The number of hydrogen-bond acceptors (Lipinski definition) is 3. The van der Waals surface area contributed by atoms with Gasteiger partial charge in [0.25, 0.3) is 0 Å². The molecule has 106 valence electrons. The molecule has 1 heterocycles. The average molecular weight is 263 g/mol. The van der Waals surface area contributed by atoms with Gasteiger partial charge in [-0.25, -0.2) is 0 Å². The highest BCUT2D eigenvalue weighted by Crippen LogP contribution is 2.28. The molecule has 0 amide bonds. The molecule has 19 heavy (non-hydrogen) atoms. The maximum Gasteiger partial charge on any atom is 0.0512 e. The summed E-state index contributed by atoms with van der Waals surface area (Å²) in [5, 5.41) is 3.45. The summed E-state index contributed by atoms with van der Waals surface area (Å²) in [4.78, 5) is 0. The molecule has 0 bridgehead atoms. The average Bonchev–Trinajstić information content (AvgIpc) is 2.48. The molecule has 2 atom stereocenters. The lowest BCUT2D eigenvalue weighted by Crippen LogP contribution is -2.31. The molecule has 0 radical (unpaired) electrons. The first-order valence-electron chi connectivity index (χ1n) is 7.18. The highest BCUT2D eigenvalue weighted by molar-refractivity contribution is 5.25. The Balaban J connectivity index is 2.01. The van der Waals surface area contributed by atoms with Gasteiger partial charge >= 0.3 is 0 Å². The molecular formula is C16H25NO2. The van der Waals surface area contributed by atoms with Crippen molar-refractivity contribution in [1.82, 2.24) is 5.32 Å². The maximum absolute atomic E-state index is 5.61. The van der Waals surface area contributed by atoms with E-state index in [1.54, 1.807) is 7.11 Å². The molecule has 0 aromatic heterocycles. The van der Waals surface area contributed by atoms with Crippen molar-refractivity contribution in [2.75, 3.05) is 34.0 Å². The minimum Gasteiger partial charge on any atom is -0.384 e. The van der Waals surface area contributed by atoms with Gasteiger partial charge in [-0.2, -0.15) is 0 Å². The normalized spacial score (nSPS) is 21.3. The molecule has 1 N–H and O–H groups in total. The molecular weight excluding hydrogens is 238 g/mol. The maximum atomic E-state index is 5.61. The topological polar surface area (TPSA) is 30.5 Å². The first-order chi connectivity index (χ1) is 9.35. The van der Waals surface area contributed by atoms with Crippen LogP contribution in [0.5, 0.6) is 0 Å². The zero-order valence-electron chi connectivity index (χ0n) is 12.0. The molecule has 1 saturated heterocycles. The Morgan fingerprint density at radius 2 is 2.16 bits per heavy atom. The quantitative estimate of drug-likeness (QED) is 0.855. The van der Waals surface area contributed by atoms with Crippen molar-refractivity contribution in [1.29, 1.82) is 0 Å². The first-order valence-corrected chi connectivity index (χ1v) is 7.18. The largest absolute Gasteiger partial charge is 0.384 e. The van der Waals surface area contributed by atoms with Crippen LogP contribution < -0.4 is 5.32 Å². The van der Waals surface area contributed by atoms with E-state index in [0.29, 0.717) is 12.0 Å². The molecule has 0 aliphatic carbocycles. The smallest absolute Gasteiger partial charge is 0.0512 e. The predicted molar refractivity (Wildman–Crippen MR) is 77.4 cm³/mol. The molecule has 1 fully saturated rings. The number of methoxy groups -OCH3 is 1. The van der Waals surface area contributed by atoms with Crippen molar-refractivity contribution < 1.29 is 9.47 Å². The second-order valence-electron chi connectivity index (χ2n) is 5.23. The van der Waals surface area contributed by atoms with E-state index in [0.717, 1.165) is 26.2 Å². The molecule has 1 aliphatic rings. The summed E-state index contributed by atoms with van der Waals surface area (Å²) in [5.41, 5.74) is 2.69. The molecule has 0 spiro atoms. The summed E-state index contributed by atoms with van der Waals surface area (Å²) < 4.78 is 10.7. The van der Waals surface area contributed by atoms with Gasteiger partial charge in [0.15, 0.2) is 0 Å². The van der Waals surface area contributed by atoms with E-state index in [4.69, 9.17) is 9.47 Å². The van der Waals surface area contributed by atoms with E-state index in [1.165, 1.54) is 24.0 Å². The first kappa shape index (κ1) is 14.5. The highest BCUT2D eigenvalue weighted by Gasteiger charge is 2.24. The fourth-order valence-corrected chi connectivity index (χ4v) is 2.81. The van der Waals surface area contributed by atoms with Crippen LogP contribution in [0.1, 0.15) is 30.0 Å². The SMILES string of the molecule is CNC(c1ccc(CCOC)cc1)C1CCCOC1. The Morgan fingerprint density at radius 1 is 1.37 bits per heavy atom. The molecule has 3 nitrogen and oxygen atoms in total. The fraction of sp³-hybridized carbons (Fsp3) is 0.625. The van der Waals surface area contributed by atoms with Crippen molar-refractivity contribution in [3.05, 3.63) is 35.4 Å². The van der Waals surface area contributed by atoms with Crippen LogP contribution in [0.25, 0.3) is 0 Å². The van der Waals surface area contributed by atoms with Crippen LogP contribution in [0, 0.1) is 5.92 Å². The van der Waals surface area contributed by atoms with Gasteiger partial charge < -0.3 is 14.8 Å². The lowest BCUT2D eigenvalue weighted by atomic mass is 9.88. The van der Waals surface area contributed by atoms with E-state index in [2.05, 4.69) is 29.6 Å². The van der Waals surface area contributed by atoms with Gasteiger partial charge in [0.1, 0.15) is 0 Å². The van der Waals surface area contributed by atoms with Crippen molar-refractivity contribution in [3.8, 4) is 0 Å². The van der Waals surface area contributed by atoms with Gasteiger partial charge in [0, 0.05) is 25.7 Å². The van der Waals surface area contributed by atoms with Crippen LogP contribution in [0.4, 0.5) is 0 Å². The van der Waals surface area contributed by atoms with Gasteiger partial charge in [0.05, 0.1) is 13.2 Å². The van der Waals surface area contributed by atoms with Crippen LogP contribution in [0.2, 0.25) is 0 Å². The Labute approximate surface area is 116 Å². The minimum atomic E-state index is 0.400. The predicted octanol–water partition coefficient (Wildman–Crippen LogP) is 2.56. The van der Waals surface area contributed by atoms with E-state index in [1.807, 2.05) is 7.05 Å². The molecule has 2 rings (SSSR count). The minimum absolute atomic E-state index is 0.400. The van der Waals surface area contributed by atoms with Gasteiger partial charge in [0.2, 0.25) is 0 Å². The van der Waals surface area contributed by atoms with Gasteiger partial charge in [-0.15, -0.1) is 0 Å². The summed E-state index contributed by atoms with van der Waals surface area (Å²) in [6.07, 6.45) is 3.40. The number of nitrogens with one attached hydrogen (secondary N) is 1. The Hall–Kier alpha value is -0.900. The van der Waals surface area contributed by atoms with Crippen LogP contribution >= 0.6 is 0 Å². The summed E-state index contributed by atoms with van der Waals surface area (Å²) in [5.74, 6) is 0.587. The second kappa shape index (κ2) is 7.63. The summed E-state index contributed by atoms with van der Waals surface area (Å²) in [7, 11) is 3.78. The monoisotopic (exact) mass is 263 g/mol. The molecule has 1 aromatic carbocycles. The third kappa shape index (κ3) is 4.03. The van der Waals surface area contributed by atoms with Crippen molar-refractivity contribution in [3.63, 3.8) is 0 Å². The molecule has 2 unspecified atom stereocenters. The third-order valence-corrected chi connectivity index (χ3v) is 3.91. The van der Waals surface area contributed by atoms with E-state index in [-0.39, 0.29) is 0 Å². The molecule has 1 aliphatic heterocycles. The van der Waals surface area contributed by atoms with Crippen LogP contribution in [-0.2, 0) is 15.9 Å². The lowest BCUT2D eigenvalue weighted by Gasteiger charge is -2.30. The Bertz CT molecular complexity index is 358. The Kier molecular flexibility index (Phi) is 5.83. The van der Waals surface area contributed by atoms with E-state index < -0.39 is 0 Å². The fourth-order valence-electron chi connectivity index (χ4n) is 2.81. The van der Waals surface area contributed by atoms with Gasteiger partial charge in [-0.05, 0) is 37.4 Å². The third-order valence-electron chi connectivity index (χ3n) is 3.91. The van der Waals surface area contributed by atoms with E-state index >= 15 is 0 Å². The number of rotatable bonds is 6. The van der Waals surface area contributed by atoms with Crippen LogP contribution in [-0.4, -0.2) is 34.0 Å². The molecule has 1 aromatic rings. The summed E-state index contributed by atoms with van der Waals surface area (Å²) in [6.45, 7) is 2.57. The zero-order valence-corrected chi connectivity index (χ0v) is 12.0. The number of ether oxygens (including phenoxy) is 2. The van der Waals surface area contributed by atoms with E-state index in [9.17, 15) is 0 Å². The van der Waals surface area contributed by atoms with Crippen molar-refractivity contribution in [2.24, 2.45) is 5.92 Å². The number of hydrogen-bond donors (Lipinski definition) is 1. The highest BCUT2D eigenvalue weighted by atomic mass is 16.5. The number of benzene rings is 1. The lowest BCUT2D eigenvalue weighted by molar-refractivity contribution is 0.0402. The van der Waals surface area contributed by atoms with Crippen molar-refractivity contribution in [2.45, 2.75) is 25.3 Å². The van der Waals surface area contributed by atoms with Crippen LogP contribution in [0.3, 0.4) is 0 Å². The zero-order chi connectivity index (χ0) is 13.5. The van der Waals surface area contributed by atoms with Crippen LogP contribution in [0.15, 0.2) is 24.3 Å². The Morgan fingerprint density at radius 3 is 2.74 bits per heavy atom. The summed E-state index contributed by atoms with van der Waals surface area (Å²) >= 11 is 0. The standard InChI is InChI=1S/C16H25NO2/c1-17-16(15-4-3-10-19-12-15)14-7-5-13(6-8-14)9-11-18-2/h5-8,15-17H,3-4,9-12H2,1-2H3. The second-order valence-corrected chi connectivity index (χ2v) is 5.23. The van der Waals surface area contributed by atoms with Crippen molar-refractivity contribution >= 4 is 0 Å². The van der Waals surface area contributed by atoms with Gasteiger partial charge in [-0.3, -0.25) is 0 Å². The molecule has 3 heteroatoms. The van der Waals surface area contributed by atoms with Gasteiger partial charge in [-0.1, -0.05) is 24.3 Å².